The lowest BCUT2D eigenvalue weighted by Crippen LogP contribution is -2.58. The Labute approximate surface area is 214 Å². The van der Waals surface area contributed by atoms with E-state index in [0.717, 1.165) is 10.8 Å². The minimum absolute atomic E-state index is 0.000877. The SMILES string of the molecule is C=CC(=O)N1CCN(C(=S)c2cc(Cl)c(-c3cc(O)cc4ccccc34)c(F)c2N)[C@H](C(C)C)C1. The molecule has 182 valence electrons. The first kappa shape index (κ1) is 24.9. The van der Waals surface area contributed by atoms with Crippen molar-refractivity contribution in [3.63, 3.8) is 0 Å². The van der Waals surface area contributed by atoms with Crippen molar-refractivity contribution in [2.24, 2.45) is 5.92 Å². The lowest BCUT2D eigenvalue weighted by atomic mass is 9.94. The van der Waals surface area contributed by atoms with Gasteiger partial charge >= 0.3 is 0 Å². The number of piperazine rings is 1. The molecule has 0 saturated carbocycles. The molecule has 8 heteroatoms. The van der Waals surface area contributed by atoms with Gasteiger partial charge in [0.25, 0.3) is 0 Å². The largest absolute Gasteiger partial charge is 0.508 e. The maximum atomic E-state index is 15.8. The summed E-state index contributed by atoms with van der Waals surface area (Å²) >= 11 is 12.4. The zero-order valence-electron chi connectivity index (χ0n) is 19.6. The van der Waals surface area contributed by atoms with E-state index in [1.54, 1.807) is 17.0 Å². The number of rotatable bonds is 4. The summed E-state index contributed by atoms with van der Waals surface area (Å²) in [5, 5.41) is 11.9. The minimum Gasteiger partial charge on any atom is -0.508 e. The number of halogens is 2. The summed E-state index contributed by atoms with van der Waals surface area (Å²) in [7, 11) is 0. The lowest BCUT2D eigenvalue weighted by Gasteiger charge is -2.44. The number of carbonyl (C=O) groups is 1. The molecular formula is C27H27ClFN3O2S. The summed E-state index contributed by atoms with van der Waals surface area (Å²) < 4.78 is 15.8. The normalized spacial score (nSPS) is 16.1. The van der Waals surface area contributed by atoms with Crippen LogP contribution in [0, 0.1) is 11.7 Å². The third-order valence-electron chi connectivity index (χ3n) is 6.54. The molecule has 1 atom stereocenters. The third kappa shape index (κ3) is 4.58. The number of nitrogens with zero attached hydrogens (tertiary/aromatic N) is 2. The molecule has 1 saturated heterocycles. The van der Waals surface area contributed by atoms with Crippen LogP contribution in [0.15, 0.2) is 55.1 Å². The smallest absolute Gasteiger partial charge is 0.246 e. The number of carbonyl (C=O) groups excluding carboxylic acids is 1. The van der Waals surface area contributed by atoms with Crippen LogP contribution in [0.25, 0.3) is 21.9 Å². The van der Waals surface area contributed by atoms with Gasteiger partial charge in [-0.3, -0.25) is 4.79 Å². The van der Waals surface area contributed by atoms with Crippen LogP contribution in [0.1, 0.15) is 19.4 Å². The number of anilines is 1. The molecule has 1 aliphatic heterocycles. The summed E-state index contributed by atoms with van der Waals surface area (Å²) in [6, 6.07) is 12.0. The topological polar surface area (TPSA) is 69.8 Å². The Morgan fingerprint density at radius 2 is 2.00 bits per heavy atom. The second kappa shape index (κ2) is 9.84. The first-order valence-corrected chi connectivity index (χ1v) is 12.1. The van der Waals surface area contributed by atoms with Gasteiger partial charge < -0.3 is 20.6 Å². The molecule has 3 aromatic rings. The Morgan fingerprint density at radius 3 is 2.69 bits per heavy atom. The van der Waals surface area contributed by atoms with E-state index in [1.807, 2.05) is 29.2 Å². The number of aromatic hydroxyl groups is 1. The van der Waals surface area contributed by atoms with Crippen LogP contribution < -0.4 is 5.73 Å². The summed E-state index contributed by atoms with van der Waals surface area (Å²) in [5.74, 6) is -0.642. The molecular weight excluding hydrogens is 485 g/mol. The second-order valence-corrected chi connectivity index (χ2v) is 9.82. The number of hydrogen-bond donors (Lipinski definition) is 2. The fraction of sp³-hybridized carbons (Fsp3) is 0.259. The zero-order chi connectivity index (χ0) is 25.4. The van der Waals surface area contributed by atoms with Crippen molar-refractivity contribution >= 4 is 51.2 Å². The predicted octanol–water partition coefficient (Wildman–Crippen LogP) is 5.62. The van der Waals surface area contributed by atoms with E-state index >= 15 is 4.39 Å². The zero-order valence-corrected chi connectivity index (χ0v) is 21.2. The fourth-order valence-corrected chi connectivity index (χ4v) is 5.37. The van der Waals surface area contributed by atoms with Gasteiger partial charge in [0.05, 0.1) is 10.7 Å². The molecule has 3 aromatic carbocycles. The number of nitrogen functional groups attached to an aromatic ring is 1. The molecule has 0 radical (unpaired) electrons. The average molecular weight is 512 g/mol. The van der Waals surface area contributed by atoms with Gasteiger partial charge in [0.1, 0.15) is 10.7 Å². The highest BCUT2D eigenvalue weighted by atomic mass is 35.5. The maximum Gasteiger partial charge on any atom is 0.246 e. The molecule has 0 bridgehead atoms. The van der Waals surface area contributed by atoms with Crippen LogP contribution >= 0.6 is 23.8 Å². The molecule has 1 fully saturated rings. The van der Waals surface area contributed by atoms with E-state index in [2.05, 4.69) is 20.4 Å². The highest BCUT2D eigenvalue weighted by Crippen LogP contribution is 2.41. The average Bonchev–Trinajstić information content (AvgIpc) is 2.84. The van der Waals surface area contributed by atoms with E-state index < -0.39 is 5.82 Å². The van der Waals surface area contributed by atoms with Gasteiger partial charge in [0, 0.05) is 36.8 Å². The molecule has 0 aliphatic carbocycles. The minimum atomic E-state index is -0.688. The van der Waals surface area contributed by atoms with Gasteiger partial charge in [-0.05, 0) is 46.5 Å². The van der Waals surface area contributed by atoms with Crippen molar-refractivity contribution in [3.8, 4) is 16.9 Å². The number of amides is 1. The standard InChI is InChI=1S/C27H27ClFN3O2S/c1-4-23(34)31-9-10-32(22(14-31)15(2)3)27(35)20-13-21(28)24(25(29)26(20)30)19-12-17(33)11-16-7-5-6-8-18(16)19/h4-8,11-13,15,22,33H,1,9-10,14,30H2,2-3H3/t22-/m0/s1. The number of nitrogens with two attached hydrogens (primary N) is 1. The van der Waals surface area contributed by atoms with Crippen molar-refractivity contribution in [2.45, 2.75) is 19.9 Å². The Balaban J connectivity index is 1.76. The molecule has 35 heavy (non-hydrogen) atoms. The van der Waals surface area contributed by atoms with Crippen LogP contribution in [0.3, 0.4) is 0 Å². The summed E-state index contributed by atoms with van der Waals surface area (Å²) in [5.41, 5.74) is 7.11. The quantitative estimate of drug-likeness (QED) is 0.270. The van der Waals surface area contributed by atoms with Crippen LogP contribution in [-0.2, 0) is 4.79 Å². The van der Waals surface area contributed by atoms with Gasteiger partial charge in [-0.25, -0.2) is 4.39 Å². The highest BCUT2D eigenvalue weighted by molar-refractivity contribution is 7.80. The van der Waals surface area contributed by atoms with Crippen molar-refractivity contribution in [1.29, 1.82) is 0 Å². The molecule has 4 rings (SSSR count). The first-order valence-electron chi connectivity index (χ1n) is 11.4. The molecule has 1 heterocycles. The molecule has 0 spiro atoms. The second-order valence-electron chi connectivity index (χ2n) is 9.02. The van der Waals surface area contributed by atoms with Crippen molar-refractivity contribution in [1.82, 2.24) is 9.80 Å². The van der Waals surface area contributed by atoms with Crippen LogP contribution in [0.2, 0.25) is 5.02 Å². The van der Waals surface area contributed by atoms with Gasteiger partial charge in [-0.15, -0.1) is 0 Å². The molecule has 0 aromatic heterocycles. The van der Waals surface area contributed by atoms with E-state index in [1.165, 1.54) is 12.1 Å². The molecule has 1 aliphatic rings. The molecule has 0 unspecified atom stereocenters. The lowest BCUT2D eigenvalue weighted by molar-refractivity contribution is -0.128. The number of fused-ring (bicyclic) bond motifs is 1. The monoisotopic (exact) mass is 511 g/mol. The van der Waals surface area contributed by atoms with Crippen molar-refractivity contribution in [3.05, 3.63) is 71.5 Å². The summed E-state index contributed by atoms with van der Waals surface area (Å²) in [6.45, 7) is 9.11. The van der Waals surface area contributed by atoms with Gasteiger partial charge in [-0.1, -0.05) is 68.5 Å². The van der Waals surface area contributed by atoms with Gasteiger partial charge in [0.2, 0.25) is 5.91 Å². The van der Waals surface area contributed by atoms with E-state index in [9.17, 15) is 9.90 Å². The molecule has 1 amide bonds. The Hall–Kier alpha value is -3.16. The molecule has 3 N–H and O–H groups in total. The fourth-order valence-electron chi connectivity index (χ4n) is 4.68. The Bertz CT molecular complexity index is 1340. The number of thiocarbonyl (C=S) groups is 1. The van der Waals surface area contributed by atoms with E-state index in [4.69, 9.17) is 29.6 Å². The van der Waals surface area contributed by atoms with Crippen LogP contribution in [-0.4, -0.2) is 51.5 Å². The van der Waals surface area contributed by atoms with Crippen molar-refractivity contribution in [2.75, 3.05) is 25.4 Å². The predicted molar refractivity (Wildman–Crippen MR) is 144 cm³/mol. The summed E-state index contributed by atoms with van der Waals surface area (Å²) in [6.07, 6.45) is 1.31. The van der Waals surface area contributed by atoms with Gasteiger partial charge in [0.15, 0.2) is 5.82 Å². The van der Waals surface area contributed by atoms with E-state index in [-0.39, 0.29) is 39.9 Å². The maximum absolute atomic E-state index is 15.8. The number of hydrogen-bond acceptors (Lipinski definition) is 4. The summed E-state index contributed by atoms with van der Waals surface area (Å²) in [4.78, 5) is 16.3. The first-order chi connectivity index (χ1) is 16.6. The third-order valence-corrected chi connectivity index (χ3v) is 7.29. The van der Waals surface area contributed by atoms with Crippen LogP contribution in [0.4, 0.5) is 10.1 Å². The van der Waals surface area contributed by atoms with Crippen molar-refractivity contribution < 1.29 is 14.3 Å². The molecule has 5 nitrogen and oxygen atoms in total. The number of phenolic OH excluding ortho intramolecular Hbond substituents is 1. The van der Waals surface area contributed by atoms with Crippen LogP contribution in [0.5, 0.6) is 5.75 Å². The highest BCUT2D eigenvalue weighted by Gasteiger charge is 2.34. The number of benzene rings is 3. The Kier molecular flexibility index (Phi) is 7.01. The Morgan fingerprint density at radius 1 is 1.29 bits per heavy atom. The number of phenols is 1. The van der Waals surface area contributed by atoms with E-state index in [0.29, 0.717) is 35.7 Å². The van der Waals surface area contributed by atoms with Gasteiger partial charge in [-0.2, -0.15) is 0 Å².